The summed E-state index contributed by atoms with van der Waals surface area (Å²) >= 11 is 6.87. The first-order valence-corrected chi connectivity index (χ1v) is 17.7. The van der Waals surface area contributed by atoms with Gasteiger partial charge in [-0.25, -0.2) is 24.0 Å². The molecule has 0 atom stereocenters. The van der Waals surface area contributed by atoms with E-state index in [4.69, 9.17) is 18.9 Å². The molecule has 12 nitrogen and oxygen atoms in total. The maximum atomic E-state index is 6.26. The number of hydrogen-bond donors (Lipinski definition) is 0. The number of fused-ring (bicyclic) bond motifs is 2. The van der Waals surface area contributed by atoms with Gasteiger partial charge < -0.3 is 23.5 Å². The lowest BCUT2D eigenvalue weighted by Crippen LogP contribution is -2.57. The van der Waals surface area contributed by atoms with Gasteiger partial charge >= 0.3 is 0 Å². The molecule has 50 heavy (non-hydrogen) atoms. The second-order valence-corrected chi connectivity index (χ2v) is 14.1. The van der Waals surface area contributed by atoms with Crippen LogP contribution in [0.15, 0.2) is 113 Å². The summed E-state index contributed by atoms with van der Waals surface area (Å²) in [5, 5.41) is 8.55. The van der Waals surface area contributed by atoms with E-state index in [1.807, 2.05) is 84.1 Å². The highest BCUT2D eigenvalue weighted by atomic mass is 79.9. The highest BCUT2D eigenvalue weighted by Crippen LogP contribution is 2.31. The molecule has 2 aliphatic heterocycles. The summed E-state index contributed by atoms with van der Waals surface area (Å²) in [4.78, 5) is 13.0. The van der Waals surface area contributed by atoms with Crippen molar-refractivity contribution in [1.29, 1.82) is 0 Å². The highest BCUT2D eigenvalue weighted by Gasteiger charge is 2.42. The lowest BCUT2D eigenvalue weighted by molar-refractivity contribution is -0.168. The van der Waals surface area contributed by atoms with E-state index >= 15 is 0 Å². The lowest BCUT2D eigenvalue weighted by atomic mass is 9.98. The van der Waals surface area contributed by atoms with Crippen LogP contribution in [0.5, 0.6) is 11.5 Å². The second-order valence-electron chi connectivity index (χ2n) is 12.4. The Morgan fingerprint density at radius 1 is 0.680 bits per heavy atom. The van der Waals surface area contributed by atoms with Crippen LogP contribution in [0.4, 0.5) is 0 Å². The van der Waals surface area contributed by atoms with E-state index < -0.39 is 0 Å². The first kappa shape index (κ1) is 32.6. The molecule has 0 spiro atoms. The predicted octanol–water partition coefficient (Wildman–Crippen LogP) is 6.92. The van der Waals surface area contributed by atoms with Gasteiger partial charge in [0.15, 0.2) is 22.5 Å². The zero-order valence-corrected chi connectivity index (χ0v) is 30.2. The zero-order valence-electron chi connectivity index (χ0n) is 27.0. The van der Waals surface area contributed by atoms with Crippen molar-refractivity contribution >= 4 is 43.2 Å². The Morgan fingerprint density at radius 2 is 1.18 bits per heavy atom. The largest absolute Gasteiger partial charge is 0.482 e. The fourth-order valence-corrected chi connectivity index (χ4v) is 6.56. The lowest BCUT2D eigenvalue weighted by Gasteiger charge is -2.41. The van der Waals surface area contributed by atoms with Crippen molar-refractivity contribution in [2.75, 3.05) is 26.4 Å². The van der Waals surface area contributed by atoms with E-state index in [-0.39, 0.29) is 11.2 Å². The molecule has 14 heteroatoms. The Kier molecular flexibility index (Phi) is 8.85. The van der Waals surface area contributed by atoms with Gasteiger partial charge in [0.2, 0.25) is 0 Å². The SMILES string of the molecule is Brc1cnn2cc(-c3ccc(OC4(Cn5ccnc5)COC4)cc3)cnc12.CCC1(Oc2ccc(-c3cnc4c(Br)cnn4c3)cc2)COC1. The standard InChI is InChI=1S/C19H16BrN5O2.C17H16BrN3O2/c20-17-8-23-25-9-15(7-22-18(17)25)14-1-3-16(4-2-14)27-19(11-26-12-19)10-24-6-5-21-13-24;1-2-17(10-22-11-17)23-14-5-3-12(4-6-14)13-7-19-16-15(18)8-20-21(16)9-13/h1-9,13H,10-12H2;3-9H,2,10-11H2,1H3. The summed E-state index contributed by atoms with van der Waals surface area (Å²) in [6.45, 7) is 5.31. The Morgan fingerprint density at radius 3 is 1.60 bits per heavy atom. The molecule has 0 radical (unpaired) electrons. The van der Waals surface area contributed by atoms with E-state index in [2.05, 4.69) is 63.9 Å². The minimum atomic E-state index is -0.343. The molecular formula is C36H32Br2N8O4. The Bertz CT molecular complexity index is 2220. The third-order valence-corrected chi connectivity index (χ3v) is 9.92. The minimum absolute atomic E-state index is 0.149. The third kappa shape index (κ3) is 6.63. The van der Waals surface area contributed by atoms with Crippen LogP contribution in [0.3, 0.4) is 0 Å². The van der Waals surface area contributed by atoms with E-state index in [0.29, 0.717) is 33.0 Å². The molecule has 254 valence electrons. The molecule has 7 aromatic rings. The number of ether oxygens (including phenoxy) is 4. The molecule has 0 N–H and O–H groups in total. The summed E-state index contributed by atoms with van der Waals surface area (Å²) in [5.41, 5.74) is 5.24. The van der Waals surface area contributed by atoms with E-state index in [9.17, 15) is 0 Å². The van der Waals surface area contributed by atoms with Crippen LogP contribution in [-0.4, -0.2) is 76.4 Å². The monoisotopic (exact) mass is 798 g/mol. The zero-order chi connectivity index (χ0) is 34.1. The van der Waals surface area contributed by atoms with Crippen LogP contribution in [0.25, 0.3) is 33.5 Å². The Hall–Kier alpha value is -4.63. The second kappa shape index (κ2) is 13.6. The Balaban J connectivity index is 0.000000146. The first-order valence-electron chi connectivity index (χ1n) is 16.1. The van der Waals surface area contributed by atoms with Crippen LogP contribution in [-0.2, 0) is 16.0 Å². The van der Waals surface area contributed by atoms with Crippen molar-refractivity contribution < 1.29 is 18.9 Å². The number of nitrogens with zero attached hydrogens (tertiary/aromatic N) is 8. The minimum Gasteiger partial charge on any atom is -0.482 e. The smallest absolute Gasteiger partial charge is 0.173 e. The molecule has 7 heterocycles. The van der Waals surface area contributed by atoms with Gasteiger partial charge in [-0.1, -0.05) is 31.2 Å². The van der Waals surface area contributed by atoms with Gasteiger partial charge in [0.05, 0.1) is 60.6 Å². The van der Waals surface area contributed by atoms with Gasteiger partial charge in [0, 0.05) is 48.3 Å². The van der Waals surface area contributed by atoms with Crippen LogP contribution >= 0.6 is 31.9 Å². The average molecular weight is 801 g/mol. The van der Waals surface area contributed by atoms with Crippen molar-refractivity contribution in [1.82, 2.24) is 38.7 Å². The van der Waals surface area contributed by atoms with E-state index in [1.54, 1.807) is 33.9 Å². The molecule has 2 aliphatic rings. The molecule has 0 aliphatic carbocycles. The first-order chi connectivity index (χ1) is 24.4. The predicted molar refractivity (Wildman–Crippen MR) is 193 cm³/mol. The fourth-order valence-electron chi connectivity index (χ4n) is 5.81. The number of halogens is 2. The van der Waals surface area contributed by atoms with Crippen LogP contribution in [0, 0.1) is 0 Å². The average Bonchev–Trinajstić information content (AvgIpc) is 3.86. The van der Waals surface area contributed by atoms with Crippen LogP contribution in [0.2, 0.25) is 0 Å². The summed E-state index contributed by atoms with van der Waals surface area (Å²) in [6, 6.07) is 16.1. The number of benzene rings is 2. The van der Waals surface area contributed by atoms with Crippen molar-refractivity contribution in [2.24, 2.45) is 0 Å². The molecule has 2 aromatic carbocycles. The number of rotatable bonds is 9. The number of hydrogen-bond acceptors (Lipinski definition) is 9. The van der Waals surface area contributed by atoms with Gasteiger partial charge in [-0.05, 0) is 73.7 Å². The molecule has 2 fully saturated rings. The van der Waals surface area contributed by atoms with E-state index in [1.165, 1.54) is 0 Å². The topological polar surface area (TPSA) is 115 Å². The van der Waals surface area contributed by atoms with Gasteiger partial charge in [-0.2, -0.15) is 10.2 Å². The number of aromatic nitrogens is 8. The normalized spacial score (nSPS) is 15.9. The molecule has 9 rings (SSSR count). The van der Waals surface area contributed by atoms with Crippen LogP contribution in [0.1, 0.15) is 13.3 Å². The molecule has 5 aromatic heterocycles. The van der Waals surface area contributed by atoms with Crippen molar-refractivity contribution in [2.45, 2.75) is 31.1 Å². The van der Waals surface area contributed by atoms with Gasteiger partial charge in [-0.15, -0.1) is 0 Å². The van der Waals surface area contributed by atoms with E-state index in [0.717, 1.165) is 60.4 Å². The third-order valence-electron chi connectivity index (χ3n) is 8.81. The van der Waals surface area contributed by atoms with Crippen molar-refractivity contribution in [3.8, 4) is 33.8 Å². The molecule has 0 unspecified atom stereocenters. The molecule has 0 bridgehead atoms. The summed E-state index contributed by atoms with van der Waals surface area (Å²) in [5.74, 6) is 1.69. The summed E-state index contributed by atoms with van der Waals surface area (Å²) in [6.07, 6.45) is 17.6. The van der Waals surface area contributed by atoms with Gasteiger partial charge in [0.1, 0.15) is 11.5 Å². The Labute approximate surface area is 304 Å². The maximum absolute atomic E-state index is 6.26. The van der Waals surface area contributed by atoms with Crippen LogP contribution < -0.4 is 9.47 Å². The number of imidazole rings is 1. The summed E-state index contributed by atoms with van der Waals surface area (Å²) in [7, 11) is 0. The maximum Gasteiger partial charge on any atom is 0.173 e. The molecule has 0 saturated carbocycles. The van der Waals surface area contributed by atoms with Gasteiger partial charge in [-0.3, -0.25) is 0 Å². The quantitative estimate of drug-likeness (QED) is 0.154. The fraction of sp³-hybridized carbons (Fsp3) is 0.250. The summed E-state index contributed by atoms with van der Waals surface area (Å²) < 4.78 is 30.4. The molecular weight excluding hydrogens is 768 g/mol. The van der Waals surface area contributed by atoms with Crippen molar-refractivity contribution in [3.05, 3.63) is 113 Å². The molecule has 2 saturated heterocycles. The van der Waals surface area contributed by atoms with Gasteiger partial charge in [0.25, 0.3) is 0 Å². The molecule has 0 amide bonds. The van der Waals surface area contributed by atoms with Crippen molar-refractivity contribution in [3.63, 3.8) is 0 Å². The highest BCUT2D eigenvalue weighted by molar-refractivity contribution is 9.11.